The minimum atomic E-state index is -0.226. The molecule has 1 atom stereocenters. The quantitative estimate of drug-likeness (QED) is 0.563. The predicted octanol–water partition coefficient (Wildman–Crippen LogP) is 5.32. The zero-order valence-corrected chi connectivity index (χ0v) is 15.9. The van der Waals surface area contributed by atoms with Crippen LogP contribution in [-0.2, 0) is 11.2 Å². The van der Waals surface area contributed by atoms with E-state index in [4.69, 9.17) is 0 Å². The van der Waals surface area contributed by atoms with Crippen LogP contribution in [0.1, 0.15) is 56.2 Å². The highest BCUT2D eigenvalue weighted by Crippen LogP contribution is 2.33. The van der Waals surface area contributed by atoms with Crippen molar-refractivity contribution >= 4 is 11.5 Å². The van der Waals surface area contributed by atoms with Crippen LogP contribution >= 0.6 is 0 Å². The lowest BCUT2D eigenvalue weighted by Gasteiger charge is -2.24. The molecule has 0 aliphatic carbocycles. The molecule has 1 aliphatic rings. The number of hydrogen-bond acceptors (Lipinski definition) is 3. The third-order valence-corrected chi connectivity index (χ3v) is 5.06. The van der Waals surface area contributed by atoms with Crippen molar-refractivity contribution in [2.45, 2.75) is 51.5 Å². The molecule has 0 amide bonds. The Hall–Kier alpha value is -2.49. The summed E-state index contributed by atoms with van der Waals surface area (Å²) >= 11 is 0. The zero-order valence-electron chi connectivity index (χ0n) is 15.9. The number of halogens is 1. The van der Waals surface area contributed by atoms with Crippen LogP contribution in [0.25, 0.3) is 0 Å². The maximum atomic E-state index is 14.3. The number of benzene rings is 2. The fraction of sp³-hybridized carbons (Fsp3) is 0.391. The molecule has 142 valence electrons. The van der Waals surface area contributed by atoms with E-state index in [-0.39, 0.29) is 17.6 Å². The van der Waals surface area contributed by atoms with Gasteiger partial charge >= 0.3 is 0 Å². The molecular formula is C23H27FN2O. The van der Waals surface area contributed by atoms with Crippen LogP contribution in [-0.4, -0.2) is 23.0 Å². The Bertz CT molecular complexity index is 788. The maximum absolute atomic E-state index is 14.3. The highest BCUT2D eigenvalue weighted by atomic mass is 19.1. The van der Waals surface area contributed by atoms with Crippen molar-refractivity contribution in [2.75, 3.05) is 6.54 Å². The number of aryl methyl sites for hydroxylation is 1. The summed E-state index contributed by atoms with van der Waals surface area (Å²) in [6, 6.07) is 16.6. The number of carbonyl (C=O) groups is 1. The second-order valence-electron chi connectivity index (χ2n) is 7.07. The first kappa shape index (κ1) is 19.3. The number of Topliss-reactive ketones (excluding diaryl/α,β-unsaturated/α-hetero) is 1. The van der Waals surface area contributed by atoms with Gasteiger partial charge in [-0.05, 0) is 24.5 Å². The molecule has 0 saturated carbocycles. The van der Waals surface area contributed by atoms with E-state index in [1.807, 2.05) is 41.4 Å². The third kappa shape index (κ3) is 5.03. The number of ketones is 1. The number of rotatable bonds is 9. The van der Waals surface area contributed by atoms with Crippen LogP contribution in [0.15, 0.2) is 59.7 Å². The van der Waals surface area contributed by atoms with E-state index >= 15 is 0 Å². The summed E-state index contributed by atoms with van der Waals surface area (Å²) in [4.78, 5) is 12.7. The van der Waals surface area contributed by atoms with Gasteiger partial charge in [0.15, 0.2) is 5.78 Å². The number of carbonyl (C=O) groups excluding carboxylic acids is 1. The van der Waals surface area contributed by atoms with Gasteiger partial charge in [0.1, 0.15) is 11.5 Å². The molecular weight excluding hydrogens is 339 g/mol. The molecule has 3 rings (SSSR count). The molecule has 0 fully saturated rings. The second-order valence-corrected chi connectivity index (χ2v) is 7.07. The van der Waals surface area contributed by atoms with Crippen LogP contribution in [0.2, 0.25) is 0 Å². The Morgan fingerprint density at radius 1 is 1.11 bits per heavy atom. The zero-order chi connectivity index (χ0) is 19.1. The molecule has 1 aliphatic heterocycles. The van der Waals surface area contributed by atoms with E-state index in [0.29, 0.717) is 30.5 Å². The first-order chi connectivity index (χ1) is 13.2. The molecule has 0 spiro atoms. The van der Waals surface area contributed by atoms with Gasteiger partial charge < -0.3 is 0 Å². The van der Waals surface area contributed by atoms with Crippen molar-refractivity contribution < 1.29 is 9.18 Å². The Balaban J connectivity index is 1.70. The first-order valence-corrected chi connectivity index (χ1v) is 9.84. The van der Waals surface area contributed by atoms with E-state index in [9.17, 15) is 9.18 Å². The molecule has 0 radical (unpaired) electrons. The van der Waals surface area contributed by atoms with E-state index < -0.39 is 0 Å². The Kier molecular flexibility index (Phi) is 6.74. The summed E-state index contributed by atoms with van der Waals surface area (Å²) in [5, 5.41) is 6.53. The van der Waals surface area contributed by atoms with Crippen LogP contribution in [0.5, 0.6) is 0 Å². The molecule has 0 bridgehead atoms. The monoisotopic (exact) mass is 366 g/mol. The molecule has 1 unspecified atom stereocenters. The summed E-state index contributed by atoms with van der Waals surface area (Å²) in [6.45, 7) is 2.91. The Morgan fingerprint density at radius 2 is 1.85 bits per heavy atom. The number of hydrazone groups is 1. The topological polar surface area (TPSA) is 32.7 Å². The van der Waals surface area contributed by atoms with Crippen LogP contribution in [0.3, 0.4) is 0 Å². The minimum Gasteiger partial charge on any atom is -0.293 e. The van der Waals surface area contributed by atoms with Gasteiger partial charge in [0.2, 0.25) is 0 Å². The average molecular weight is 366 g/mol. The largest absolute Gasteiger partial charge is 0.293 e. The molecule has 4 heteroatoms. The van der Waals surface area contributed by atoms with Gasteiger partial charge in [-0.25, -0.2) is 4.39 Å². The van der Waals surface area contributed by atoms with Gasteiger partial charge in [0, 0.05) is 24.9 Å². The molecule has 0 N–H and O–H groups in total. The van der Waals surface area contributed by atoms with Crippen molar-refractivity contribution in [1.29, 1.82) is 0 Å². The summed E-state index contributed by atoms with van der Waals surface area (Å²) in [7, 11) is 0. The maximum Gasteiger partial charge on any atom is 0.179 e. The highest BCUT2D eigenvalue weighted by Gasteiger charge is 2.32. The van der Waals surface area contributed by atoms with Crippen LogP contribution < -0.4 is 0 Å². The van der Waals surface area contributed by atoms with Crippen molar-refractivity contribution in [3.05, 3.63) is 71.5 Å². The molecule has 0 aromatic heterocycles. The predicted molar refractivity (Wildman–Crippen MR) is 107 cm³/mol. The SMILES string of the molecule is CCCCCN1N=C(C(=O)CCc2ccccc2)CC1c1ccccc1F. The normalized spacial score (nSPS) is 16.4. The van der Waals surface area contributed by atoms with Crippen LogP contribution in [0, 0.1) is 5.82 Å². The molecule has 0 saturated heterocycles. The average Bonchev–Trinajstić information content (AvgIpc) is 3.11. The lowest BCUT2D eigenvalue weighted by molar-refractivity contribution is -0.113. The summed E-state index contributed by atoms with van der Waals surface area (Å²) in [6.07, 6.45) is 4.85. The van der Waals surface area contributed by atoms with Gasteiger partial charge in [-0.15, -0.1) is 0 Å². The van der Waals surface area contributed by atoms with Gasteiger partial charge in [-0.3, -0.25) is 9.80 Å². The smallest absolute Gasteiger partial charge is 0.179 e. The lowest BCUT2D eigenvalue weighted by atomic mass is 9.97. The molecule has 1 heterocycles. The number of hydrogen-bond donors (Lipinski definition) is 0. The molecule has 27 heavy (non-hydrogen) atoms. The molecule has 2 aromatic rings. The highest BCUT2D eigenvalue weighted by molar-refractivity contribution is 6.40. The van der Waals surface area contributed by atoms with E-state index in [0.717, 1.165) is 31.4 Å². The van der Waals surface area contributed by atoms with Crippen LogP contribution in [0.4, 0.5) is 4.39 Å². The van der Waals surface area contributed by atoms with Crippen molar-refractivity contribution in [1.82, 2.24) is 5.01 Å². The van der Waals surface area contributed by atoms with Gasteiger partial charge in [-0.2, -0.15) is 5.10 Å². The second kappa shape index (κ2) is 9.45. The Labute approximate surface area is 160 Å². The van der Waals surface area contributed by atoms with Crippen molar-refractivity contribution in [3.8, 4) is 0 Å². The first-order valence-electron chi connectivity index (χ1n) is 9.84. The van der Waals surface area contributed by atoms with Crippen molar-refractivity contribution in [3.63, 3.8) is 0 Å². The third-order valence-electron chi connectivity index (χ3n) is 5.06. The fourth-order valence-electron chi connectivity index (χ4n) is 3.52. The van der Waals surface area contributed by atoms with E-state index in [1.165, 1.54) is 6.07 Å². The number of unbranched alkanes of at least 4 members (excludes halogenated alkanes) is 2. The van der Waals surface area contributed by atoms with Crippen molar-refractivity contribution in [2.24, 2.45) is 5.10 Å². The summed E-state index contributed by atoms with van der Waals surface area (Å²) in [5.41, 5.74) is 2.36. The van der Waals surface area contributed by atoms with E-state index in [2.05, 4.69) is 12.0 Å². The summed E-state index contributed by atoms with van der Waals surface area (Å²) < 4.78 is 14.3. The lowest BCUT2D eigenvalue weighted by Crippen LogP contribution is -2.21. The molecule has 2 aromatic carbocycles. The van der Waals surface area contributed by atoms with E-state index in [1.54, 1.807) is 12.1 Å². The standard InChI is InChI=1S/C23H27FN2O/c1-2-3-9-16-26-22(19-12-7-8-13-20(19)24)17-21(25-26)23(27)15-14-18-10-5-4-6-11-18/h4-8,10-13,22H,2-3,9,14-17H2,1H3. The molecule has 3 nitrogen and oxygen atoms in total. The summed E-state index contributed by atoms with van der Waals surface area (Å²) in [5.74, 6) is -0.158. The van der Waals surface area contributed by atoms with Gasteiger partial charge in [0.25, 0.3) is 0 Å². The van der Waals surface area contributed by atoms with Gasteiger partial charge in [-0.1, -0.05) is 68.3 Å². The fourth-order valence-corrected chi connectivity index (χ4v) is 3.52. The number of nitrogens with zero attached hydrogens (tertiary/aromatic N) is 2. The minimum absolute atomic E-state index is 0.0678. The Morgan fingerprint density at radius 3 is 2.59 bits per heavy atom. The van der Waals surface area contributed by atoms with Gasteiger partial charge in [0.05, 0.1) is 6.04 Å².